The Balaban J connectivity index is 1.58. The number of carbonyl (C=O) groups is 1. The second kappa shape index (κ2) is 8.04. The highest BCUT2D eigenvalue weighted by atomic mass is 35.5. The molecule has 0 unspecified atom stereocenters. The molecule has 1 aromatic heterocycles. The van der Waals surface area contributed by atoms with Crippen molar-refractivity contribution in [2.75, 3.05) is 11.1 Å². The summed E-state index contributed by atoms with van der Waals surface area (Å²) in [6, 6.07) is 13.6. The van der Waals surface area contributed by atoms with E-state index in [-0.39, 0.29) is 5.91 Å². The Morgan fingerprint density at radius 1 is 1.16 bits per heavy atom. The highest BCUT2D eigenvalue weighted by Crippen LogP contribution is 2.29. The van der Waals surface area contributed by atoms with E-state index in [1.165, 1.54) is 11.8 Å². The van der Waals surface area contributed by atoms with Gasteiger partial charge in [-0.3, -0.25) is 4.79 Å². The molecule has 1 heterocycles. The minimum absolute atomic E-state index is 0.0294. The first kappa shape index (κ1) is 18.0. The highest BCUT2D eigenvalue weighted by molar-refractivity contribution is 8.01. The van der Waals surface area contributed by atoms with Crippen LogP contribution in [0.4, 0.5) is 5.69 Å². The second-order valence-electron chi connectivity index (χ2n) is 5.72. The first-order chi connectivity index (χ1) is 12.0. The van der Waals surface area contributed by atoms with E-state index in [1.807, 2.05) is 55.6 Å². The zero-order valence-corrected chi connectivity index (χ0v) is 16.3. The van der Waals surface area contributed by atoms with Crippen molar-refractivity contribution in [2.45, 2.75) is 18.2 Å². The Morgan fingerprint density at radius 3 is 2.52 bits per heavy atom. The van der Waals surface area contributed by atoms with Gasteiger partial charge in [-0.05, 0) is 49.2 Å². The highest BCUT2D eigenvalue weighted by Gasteiger charge is 2.09. The van der Waals surface area contributed by atoms with E-state index >= 15 is 0 Å². The number of benzene rings is 2. The number of nitrogens with zero attached hydrogens (tertiary/aromatic N) is 1. The number of thiazole rings is 1. The van der Waals surface area contributed by atoms with Crippen molar-refractivity contribution < 1.29 is 4.79 Å². The van der Waals surface area contributed by atoms with Crippen molar-refractivity contribution in [3.8, 4) is 11.3 Å². The van der Waals surface area contributed by atoms with Crippen molar-refractivity contribution in [3.05, 3.63) is 64.0 Å². The van der Waals surface area contributed by atoms with Gasteiger partial charge in [0.25, 0.3) is 0 Å². The first-order valence-corrected chi connectivity index (χ1v) is 9.96. The van der Waals surface area contributed by atoms with E-state index in [1.54, 1.807) is 11.3 Å². The summed E-state index contributed by atoms with van der Waals surface area (Å²) < 4.78 is 0.875. The van der Waals surface area contributed by atoms with Crippen LogP contribution in [0.1, 0.15) is 11.1 Å². The molecule has 3 aromatic rings. The number of halogens is 1. The van der Waals surface area contributed by atoms with Crippen molar-refractivity contribution in [1.82, 2.24) is 4.98 Å². The van der Waals surface area contributed by atoms with Crippen LogP contribution < -0.4 is 5.32 Å². The molecule has 0 aliphatic carbocycles. The molecular formula is C19H17ClN2OS2. The standard InChI is InChI=1S/C19H17ClN2OS2/c1-12-7-13(2)9-16(8-12)21-18(23)11-25-19-22-17(10-24-19)14-3-5-15(20)6-4-14/h3-10H,11H2,1-2H3,(H,21,23). The minimum atomic E-state index is -0.0294. The largest absolute Gasteiger partial charge is 0.325 e. The number of carbonyl (C=O) groups excluding carboxylic acids is 1. The van der Waals surface area contributed by atoms with Crippen LogP contribution in [-0.4, -0.2) is 16.6 Å². The first-order valence-electron chi connectivity index (χ1n) is 7.72. The molecule has 1 amide bonds. The summed E-state index contributed by atoms with van der Waals surface area (Å²) in [6.07, 6.45) is 0. The van der Waals surface area contributed by atoms with Gasteiger partial charge in [0.2, 0.25) is 5.91 Å². The summed E-state index contributed by atoms with van der Waals surface area (Å²) in [5.41, 5.74) is 5.03. The van der Waals surface area contributed by atoms with Gasteiger partial charge < -0.3 is 5.32 Å². The lowest BCUT2D eigenvalue weighted by molar-refractivity contribution is -0.113. The number of nitrogens with one attached hydrogen (secondary N) is 1. The van der Waals surface area contributed by atoms with Crippen LogP contribution in [-0.2, 0) is 4.79 Å². The topological polar surface area (TPSA) is 42.0 Å². The van der Waals surface area contributed by atoms with E-state index in [4.69, 9.17) is 11.6 Å². The lowest BCUT2D eigenvalue weighted by Crippen LogP contribution is -2.14. The van der Waals surface area contributed by atoms with Crippen molar-refractivity contribution in [3.63, 3.8) is 0 Å². The summed E-state index contributed by atoms with van der Waals surface area (Å²) in [5, 5.41) is 5.64. The van der Waals surface area contributed by atoms with Gasteiger partial charge in [0.05, 0.1) is 11.4 Å². The summed E-state index contributed by atoms with van der Waals surface area (Å²) in [4.78, 5) is 16.7. The van der Waals surface area contributed by atoms with Crippen LogP contribution in [0.25, 0.3) is 11.3 Å². The molecule has 0 spiro atoms. The van der Waals surface area contributed by atoms with Gasteiger partial charge in [0.1, 0.15) is 0 Å². The third-order valence-electron chi connectivity index (χ3n) is 3.46. The van der Waals surface area contributed by atoms with Gasteiger partial charge >= 0.3 is 0 Å². The van der Waals surface area contributed by atoms with E-state index in [0.29, 0.717) is 10.8 Å². The van der Waals surface area contributed by atoms with Crippen molar-refractivity contribution in [1.29, 1.82) is 0 Å². The zero-order valence-electron chi connectivity index (χ0n) is 13.9. The molecular weight excluding hydrogens is 372 g/mol. The fraction of sp³-hybridized carbons (Fsp3) is 0.158. The molecule has 0 aliphatic heterocycles. The summed E-state index contributed by atoms with van der Waals surface area (Å²) in [6.45, 7) is 4.04. The molecule has 1 N–H and O–H groups in total. The number of amides is 1. The van der Waals surface area contributed by atoms with Crippen LogP contribution in [0.5, 0.6) is 0 Å². The predicted octanol–water partition coefficient (Wildman–Crippen LogP) is 5.81. The number of rotatable bonds is 5. The Bertz CT molecular complexity index is 870. The van der Waals surface area contributed by atoms with Crippen molar-refractivity contribution in [2.24, 2.45) is 0 Å². The van der Waals surface area contributed by atoms with Crippen molar-refractivity contribution >= 4 is 46.3 Å². The molecule has 6 heteroatoms. The monoisotopic (exact) mass is 388 g/mol. The maximum absolute atomic E-state index is 12.2. The quantitative estimate of drug-likeness (QED) is 0.560. The summed E-state index contributed by atoms with van der Waals surface area (Å²) >= 11 is 8.89. The molecule has 0 atom stereocenters. The number of aromatic nitrogens is 1. The van der Waals surface area contributed by atoms with E-state index in [0.717, 1.165) is 32.4 Å². The van der Waals surface area contributed by atoms with Crippen LogP contribution in [0.3, 0.4) is 0 Å². The third-order valence-corrected chi connectivity index (χ3v) is 5.73. The molecule has 2 aromatic carbocycles. The Hall–Kier alpha value is -1.82. The van der Waals surface area contributed by atoms with Gasteiger partial charge in [-0.25, -0.2) is 4.98 Å². The molecule has 3 nitrogen and oxygen atoms in total. The number of hydrogen-bond acceptors (Lipinski definition) is 4. The Labute approximate surface area is 160 Å². The number of hydrogen-bond donors (Lipinski definition) is 1. The lowest BCUT2D eigenvalue weighted by atomic mass is 10.1. The maximum Gasteiger partial charge on any atom is 0.234 e. The molecule has 25 heavy (non-hydrogen) atoms. The molecule has 0 saturated heterocycles. The number of anilines is 1. The smallest absolute Gasteiger partial charge is 0.234 e. The van der Waals surface area contributed by atoms with E-state index in [2.05, 4.69) is 16.4 Å². The Morgan fingerprint density at radius 2 is 1.84 bits per heavy atom. The lowest BCUT2D eigenvalue weighted by Gasteiger charge is -2.06. The van der Waals surface area contributed by atoms with Crippen LogP contribution in [0, 0.1) is 13.8 Å². The molecule has 0 saturated carbocycles. The van der Waals surface area contributed by atoms with E-state index in [9.17, 15) is 4.79 Å². The summed E-state index contributed by atoms with van der Waals surface area (Å²) in [5.74, 6) is 0.304. The van der Waals surface area contributed by atoms with Gasteiger partial charge in [-0.2, -0.15) is 0 Å². The summed E-state index contributed by atoms with van der Waals surface area (Å²) in [7, 11) is 0. The minimum Gasteiger partial charge on any atom is -0.325 e. The van der Waals surface area contributed by atoms with Gasteiger partial charge in [-0.15, -0.1) is 11.3 Å². The normalized spacial score (nSPS) is 10.7. The van der Waals surface area contributed by atoms with Gasteiger partial charge in [0, 0.05) is 21.7 Å². The second-order valence-corrected chi connectivity index (χ2v) is 8.24. The number of thioether (sulfide) groups is 1. The number of aryl methyl sites for hydroxylation is 2. The average molecular weight is 389 g/mol. The molecule has 0 radical (unpaired) electrons. The fourth-order valence-electron chi connectivity index (χ4n) is 2.45. The molecule has 0 bridgehead atoms. The van der Waals surface area contributed by atoms with Crippen LogP contribution >= 0.6 is 34.7 Å². The van der Waals surface area contributed by atoms with Crippen LogP contribution in [0.15, 0.2) is 52.2 Å². The zero-order chi connectivity index (χ0) is 17.8. The van der Waals surface area contributed by atoms with Gasteiger partial charge in [-0.1, -0.05) is 41.6 Å². The van der Waals surface area contributed by atoms with Crippen LogP contribution in [0.2, 0.25) is 5.02 Å². The van der Waals surface area contributed by atoms with Gasteiger partial charge in [0.15, 0.2) is 4.34 Å². The SMILES string of the molecule is Cc1cc(C)cc(NC(=O)CSc2nc(-c3ccc(Cl)cc3)cs2)c1. The van der Waals surface area contributed by atoms with E-state index < -0.39 is 0 Å². The molecule has 0 aliphatic rings. The maximum atomic E-state index is 12.2. The molecule has 3 rings (SSSR count). The molecule has 0 fully saturated rings. The third kappa shape index (κ3) is 5.08. The fourth-order valence-corrected chi connectivity index (χ4v) is 4.21. The predicted molar refractivity (Wildman–Crippen MR) is 108 cm³/mol. The average Bonchev–Trinajstić information content (AvgIpc) is 3.01. The Kier molecular flexibility index (Phi) is 5.78. The molecule has 128 valence electrons.